The van der Waals surface area contributed by atoms with Crippen molar-refractivity contribution in [2.24, 2.45) is 0 Å². The zero-order chi connectivity index (χ0) is 39.3. The first-order chi connectivity index (χ1) is 26.6. The maximum atomic E-state index is 12.5. The van der Waals surface area contributed by atoms with Gasteiger partial charge in [0.05, 0.1) is 6.61 Å². The van der Waals surface area contributed by atoms with Crippen molar-refractivity contribution in [2.45, 2.75) is 219 Å². The molecule has 0 amide bonds. The van der Waals surface area contributed by atoms with E-state index in [9.17, 15) is 9.59 Å². The van der Waals surface area contributed by atoms with E-state index < -0.39 is 6.10 Å². The van der Waals surface area contributed by atoms with Crippen molar-refractivity contribution in [3.8, 4) is 0 Å². The summed E-state index contributed by atoms with van der Waals surface area (Å²) in [5, 5.41) is 0. The van der Waals surface area contributed by atoms with Crippen LogP contribution in [0.3, 0.4) is 0 Å². The third kappa shape index (κ3) is 42.3. The molecule has 0 N–H and O–H groups in total. The fourth-order valence-corrected chi connectivity index (χ4v) is 6.14. The van der Waals surface area contributed by atoms with Crippen molar-refractivity contribution >= 4 is 11.9 Å². The topological polar surface area (TPSA) is 61.8 Å². The number of unbranched alkanes of at least 4 members (excludes halogenated alkanes) is 20. The lowest BCUT2D eigenvalue weighted by molar-refractivity contribution is -0.163. The van der Waals surface area contributed by atoms with Crippen LogP contribution in [0.2, 0.25) is 0 Å². The lowest BCUT2D eigenvalue weighted by Gasteiger charge is -2.18. The molecule has 0 bridgehead atoms. The second-order valence-electron chi connectivity index (χ2n) is 14.9. The van der Waals surface area contributed by atoms with Crippen molar-refractivity contribution in [3.63, 3.8) is 0 Å². The molecular weight excluding hydrogens is 669 g/mol. The molecule has 0 saturated carbocycles. The molecule has 5 nitrogen and oxygen atoms in total. The summed E-state index contributed by atoms with van der Waals surface area (Å²) < 4.78 is 17.2. The molecule has 0 aliphatic heterocycles. The standard InChI is InChI=1S/C49H86O5/c1-4-7-10-13-15-17-19-21-23-25-26-28-30-32-34-37-39-42-48(50)53-46-47(54-49(51)43-40-36-12-9-6-3)45-52-44-41-38-35-33-31-29-27-24-22-20-18-16-14-11-8-5-2/h7,10,15,17,21-24,26,28,47H,4-6,8-9,11-14,16,18-20,25,27,29-46H2,1-3H3/b10-7-,17-15-,23-21-,24-22-,28-26-. The molecule has 0 spiro atoms. The zero-order valence-corrected chi connectivity index (χ0v) is 35.7. The highest BCUT2D eigenvalue weighted by Crippen LogP contribution is 2.12. The van der Waals surface area contributed by atoms with Crippen LogP contribution in [0.15, 0.2) is 60.8 Å². The molecular formula is C49H86O5. The molecule has 5 heteroatoms. The highest BCUT2D eigenvalue weighted by molar-refractivity contribution is 5.70. The number of carbonyl (C=O) groups is 2. The zero-order valence-electron chi connectivity index (χ0n) is 35.7. The van der Waals surface area contributed by atoms with Gasteiger partial charge in [0.1, 0.15) is 6.61 Å². The summed E-state index contributed by atoms with van der Waals surface area (Å²) in [6.45, 7) is 7.60. The Bertz CT molecular complexity index is 946. The molecule has 0 aromatic heterocycles. The molecule has 0 radical (unpaired) electrons. The smallest absolute Gasteiger partial charge is 0.306 e. The van der Waals surface area contributed by atoms with Crippen LogP contribution >= 0.6 is 0 Å². The average molecular weight is 755 g/mol. The van der Waals surface area contributed by atoms with Gasteiger partial charge in [-0.15, -0.1) is 0 Å². The predicted octanol–water partition coefficient (Wildman–Crippen LogP) is 15.0. The molecule has 0 aliphatic carbocycles. The Morgan fingerprint density at radius 1 is 0.426 bits per heavy atom. The monoisotopic (exact) mass is 755 g/mol. The Balaban J connectivity index is 4.11. The molecule has 312 valence electrons. The summed E-state index contributed by atoms with van der Waals surface area (Å²) in [5.74, 6) is -0.440. The lowest BCUT2D eigenvalue weighted by Crippen LogP contribution is -2.30. The minimum atomic E-state index is -0.544. The van der Waals surface area contributed by atoms with Crippen LogP contribution in [0, 0.1) is 0 Å². The van der Waals surface area contributed by atoms with E-state index in [0.717, 1.165) is 89.9 Å². The summed E-state index contributed by atoms with van der Waals surface area (Å²) in [4.78, 5) is 25.0. The van der Waals surface area contributed by atoms with Crippen LogP contribution in [0.4, 0.5) is 0 Å². The normalized spacial score (nSPS) is 12.7. The Morgan fingerprint density at radius 3 is 1.35 bits per heavy atom. The Morgan fingerprint density at radius 2 is 0.833 bits per heavy atom. The van der Waals surface area contributed by atoms with E-state index in [1.165, 1.54) is 89.9 Å². The summed E-state index contributed by atoms with van der Waals surface area (Å²) >= 11 is 0. The van der Waals surface area contributed by atoms with Crippen molar-refractivity contribution in [3.05, 3.63) is 60.8 Å². The van der Waals surface area contributed by atoms with Gasteiger partial charge < -0.3 is 14.2 Å². The molecule has 0 saturated heterocycles. The van der Waals surface area contributed by atoms with Gasteiger partial charge in [-0.05, 0) is 83.5 Å². The number of esters is 2. The largest absolute Gasteiger partial charge is 0.462 e. The first-order valence-electron chi connectivity index (χ1n) is 22.8. The number of hydrogen-bond donors (Lipinski definition) is 0. The third-order valence-electron chi connectivity index (χ3n) is 9.54. The Kier molecular flexibility index (Phi) is 43.0. The number of rotatable bonds is 41. The molecule has 0 rings (SSSR count). The average Bonchev–Trinajstić information content (AvgIpc) is 3.17. The van der Waals surface area contributed by atoms with E-state index in [1.54, 1.807) is 0 Å². The van der Waals surface area contributed by atoms with Crippen LogP contribution < -0.4 is 0 Å². The third-order valence-corrected chi connectivity index (χ3v) is 9.54. The molecule has 1 atom stereocenters. The van der Waals surface area contributed by atoms with Crippen molar-refractivity contribution in [2.75, 3.05) is 19.8 Å². The highest BCUT2D eigenvalue weighted by Gasteiger charge is 2.17. The molecule has 0 aromatic carbocycles. The lowest BCUT2D eigenvalue weighted by atomic mass is 10.1. The maximum absolute atomic E-state index is 12.5. The van der Waals surface area contributed by atoms with Gasteiger partial charge >= 0.3 is 11.9 Å². The minimum absolute atomic E-state index is 0.0691. The van der Waals surface area contributed by atoms with Crippen LogP contribution in [-0.2, 0) is 23.8 Å². The first kappa shape index (κ1) is 51.6. The Labute approximate surface area is 334 Å². The van der Waals surface area contributed by atoms with Crippen molar-refractivity contribution in [1.29, 1.82) is 0 Å². The first-order valence-corrected chi connectivity index (χ1v) is 22.8. The summed E-state index contributed by atoms with van der Waals surface area (Å²) in [6, 6.07) is 0. The van der Waals surface area contributed by atoms with Crippen LogP contribution in [-0.4, -0.2) is 37.9 Å². The van der Waals surface area contributed by atoms with Gasteiger partial charge in [0, 0.05) is 19.4 Å². The fourth-order valence-electron chi connectivity index (χ4n) is 6.14. The molecule has 0 heterocycles. The van der Waals surface area contributed by atoms with E-state index in [-0.39, 0.29) is 25.2 Å². The minimum Gasteiger partial charge on any atom is -0.462 e. The summed E-state index contributed by atoms with van der Waals surface area (Å²) in [7, 11) is 0. The highest BCUT2D eigenvalue weighted by atomic mass is 16.6. The second kappa shape index (κ2) is 45.0. The van der Waals surface area contributed by atoms with E-state index in [2.05, 4.69) is 81.5 Å². The molecule has 0 fully saturated rings. The fraction of sp³-hybridized carbons (Fsp3) is 0.755. The molecule has 0 aliphatic rings. The van der Waals surface area contributed by atoms with Gasteiger partial charge in [-0.3, -0.25) is 9.59 Å². The second-order valence-corrected chi connectivity index (χ2v) is 14.9. The van der Waals surface area contributed by atoms with E-state index in [0.29, 0.717) is 19.4 Å². The van der Waals surface area contributed by atoms with Gasteiger partial charge in [-0.2, -0.15) is 0 Å². The molecule has 0 aromatic rings. The van der Waals surface area contributed by atoms with Gasteiger partial charge in [0.15, 0.2) is 6.10 Å². The number of hydrogen-bond acceptors (Lipinski definition) is 5. The molecule has 1 unspecified atom stereocenters. The predicted molar refractivity (Wildman–Crippen MR) is 233 cm³/mol. The Hall–Kier alpha value is -2.40. The van der Waals surface area contributed by atoms with E-state index in [1.807, 2.05) is 0 Å². The SMILES string of the molecule is CC/C=C\C/C=C\C/C=C\C/C=C\CCCCCCC(=O)OCC(COCCCCCCCC/C=C\CCCCCCCC)OC(=O)CCCCCCC. The van der Waals surface area contributed by atoms with Gasteiger partial charge in [-0.25, -0.2) is 0 Å². The van der Waals surface area contributed by atoms with Crippen LogP contribution in [0.1, 0.15) is 213 Å². The van der Waals surface area contributed by atoms with E-state index in [4.69, 9.17) is 14.2 Å². The van der Waals surface area contributed by atoms with Gasteiger partial charge in [0.2, 0.25) is 0 Å². The summed E-state index contributed by atoms with van der Waals surface area (Å²) in [5.41, 5.74) is 0. The molecule has 54 heavy (non-hydrogen) atoms. The van der Waals surface area contributed by atoms with Crippen molar-refractivity contribution < 1.29 is 23.8 Å². The van der Waals surface area contributed by atoms with Crippen LogP contribution in [0.5, 0.6) is 0 Å². The quantitative estimate of drug-likeness (QED) is 0.0353. The number of allylic oxidation sites excluding steroid dienone is 10. The maximum Gasteiger partial charge on any atom is 0.306 e. The van der Waals surface area contributed by atoms with Gasteiger partial charge in [0.25, 0.3) is 0 Å². The van der Waals surface area contributed by atoms with Crippen molar-refractivity contribution in [1.82, 2.24) is 0 Å². The van der Waals surface area contributed by atoms with E-state index >= 15 is 0 Å². The number of carbonyl (C=O) groups excluding carboxylic acids is 2. The summed E-state index contributed by atoms with van der Waals surface area (Å²) in [6.07, 6.45) is 55.3. The van der Waals surface area contributed by atoms with Crippen LogP contribution in [0.25, 0.3) is 0 Å². The number of ether oxygens (including phenoxy) is 3. The van der Waals surface area contributed by atoms with Gasteiger partial charge in [-0.1, -0.05) is 178 Å².